The maximum absolute atomic E-state index is 13.8. The van der Waals surface area contributed by atoms with E-state index in [1.807, 2.05) is 32.0 Å². The zero-order valence-corrected chi connectivity index (χ0v) is 15.5. The first-order valence-corrected chi connectivity index (χ1v) is 8.87. The molecule has 0 fully saturated rings. The maximum atomic E-state index is 13.8. The lowest BCUT2D eigenvalue weighted by Crippen LogP contribution is -2.18. The van der Waals surface area contributed by atoms with Crippen molar-refractivity contribution in [3.63, 3.8) is 0 Å². The first kappa shape index (κ1) is 18.5. The van der Waals surface area contributed by atoms with Gasteiger partial charge in [-0.25, -0.2) is 9.37 Å². The summed E-state index contributed by atoms with van der Waals surface area (Å²) in [6, 6.07) is 11.5. The number of nitrogens with zero attached hydrogens (tertiary/aromatic N) is 1. The molecule has 6 nitrogen and oxygen atoms in total. The van der Waals surface area contributed by atoms with Crippen molar-refractivity contribution in [2.45, 2.75) is 13.8 Å². The summed E-state index contributed by atoms with van der Waals surface area (Å²) in [5, 5.41) is 6.19. The summed E-state index contributed by atoms with van der Waals surface area (Å²) in [5.74, 6) is -2.13. The van der Waals surface area contributed by atoms with Gasteiger partial charge < -0.3 is 16.4 Å². The van der Waals surface area contributed by atoms with E-state index in [2.05, 4.69) is 15.6 Å². The number of aromatic nitrogens is 1. The van der Waals surface area contributed by atoms with E-state index in [1.165, 1.54) is 18.2 Å². The van der Waals surface area contributed by atoms with Crippen LogP contribution >= 0.6 is 11.3 Å². The molecule has 0 bridgehead atoms. The minimum Gasteiger partial charge on any atom is -0.364 e. The van der Waals surface area contributed by atoms with Gasteiger partial charge in [0, 0.05) is 5.69 Å². The van der Waals surface area contributed by atoms with Crippen LogP contribution in [0.2, 0.25) is 0 Å². The summed E-state index contributed by atoms with van der Waals surface area (Å²) < 4.78 is 13.8. The summed E-state index contributed by atoms with van der Waals surface area (Å²) in [6.07, 6.45) is 0. The van der Waals surface area contributed by atoms with Gasteiger partial charge in [0.15, 0.2) is 10.8 Å². The number of nitrogens with one attached hydrogen (secondary N) is 2. The number of nitrogens with two attached hydrogens (primary N) is 1. The largest absolute Gasteiger partial charge is 0.364 e. The lowest BCUT2D eigenvalue weighted by atomic mass is 10.1. The van der Waals surface area contributed by atoms with Crippen molar-refractivity contribution < 1.29 is 14.0 Å². The summed E-state index contributed by atoms with van der Waals surface area (Å²) in [4.78, 5) is 28.2. The summed E-state index contributed by atoms with van der Waals surface area (Å²) in [7, 11) is 0. The predicted octanol–water partition coefficient (Wildman–Crippen LogP) is 3.99. The number of benzene rings is 2. The number of primary amides is 1. The Morgan fingerprint density at radius 2 is 1.89 bits per heavy atom. The number of carbonyl (C=O) groups is 2. The van der Waals surface area contributed by atoms with Crippen LogP contribution in [-0.4, -0.2) is 16.8 Å². The van der Waals surface area contributed by atoms with E-state index >= 15 is 0 Å². The highest BCUT2D eigenvalue weighted by atomic mass is 32.1. The molecule has 0 aliphatic carbocycles. The van der Waals surface area contributed by atoms with Crippen molar-refractivity contribution in [2.24, 2.45) is 5.73 Å². The number of rotatable bonds is 5. The van der Waals surface area contributed by atoms with E-state index in [1.54, 1.807) is 6.07 Å². The number of hydrogen-bond donors (Lipinski definition) is 3. The lowest BCUT2D eigenvalue weighted by Gasteiger charge is -2.07. The third-order valence-electron chi connectivity index (χ3n) is 3.84. The molecule has 0 radical (unpaired) electrons. The van der Waals surface area contributed by atoms with Crippen molar-refractivity contribution >= 4 is 39.0 Å². The minimum atomic E-state index is -0.788. The maximum Gasteiger partial charge on any atom is 0.270 e. The second-order valence-electron chi connectivity index (χ2n) is 5.94. The van der Waals surface area contributed by atoms with Crippen molar-refractivity contribution in [3.8, 4) is 0 Å². The lowest BCUT2D eigenvalue weighted by molar-refractivity contribution is 0.0997. The van der Waals surface area contributed by atoms with E-state index in [-0.39, 0.29) is 16.3 Å². The second kappa shape index (κ2) is 7.55. The molecule has 3 rings (SSSR count). The average molecular weight is 384 g/mol. The zero-order valence-electron chi connectivity index (χ0n) is 14.7. The van der Waals surface area contributed by atoms with Crippen molar-refractivity contribution in [1.82, 2.24) is 4.98 Å². The highest BCUT2D eigenvalue weighted by molar-refractivity contribution is 7.20. The molecule has 8 heteroatoms. The van der Waals surface area contributed by atoms with Crippen molar-refractivity contribution in [3.05, 3.63) is 70.7 Å². The third-order valence-corrected chi connectivity index (χ3v) is 4.73. The van der Waals surface area contributed by atoms with Crippen LogP contribution in [0, 0.1) is 19.7 Å². The van der Waals surface area contributed by atoms with Crippen LogP contribution in [0.1, 0.15) is 32.0 Å². The van der Waals surface area contributed by atoms with Crippen LogP contribution in [0.15, 0.2) is 42.5 Å². The van der Waals surface area contributed by atoms with Crippen LogP contribution in [0.4, 0.5) is 20.2 Å². The molecular formula is C19H17FN4O2S. The van der Waals surface area contributed by atoms with Crippen molar-refractivity contribution in [1.29, 1.82) is 0 Å². The van der Waals surface area contributed by atoms with Gasteiger partial charge in [-0.05, 0) is 43.2 Å². The van der Waals surface area contributed by atoms with Gasteiger partial charge in [0.2, 0.25) is 0 Å². The molecule has 1 heterocycles. The standard InChI is InChI=1S/C19H17FN4O2S/c1-10-7-8-11(2)14(9-10)22-19-23-15(16(21)25)18(27-19)24-17(26)12-5-3-4-6-13(12)20/h3-9H,1-2H3,(H2,21,25)(H,22,23)(H,24,26). The highest BCUT2D eigenvalue weighted by Gasteiger charge is 2.20. The Hall–Kier alpha value is -3.26. The van der Waals surface area contributed by atoms with Crippen LogP contribution in [0.3, 0.4) is 0 Å². The predicted molar refractivity (Wildman–Crippen MR) is 104 cm³/mol. The number of amides is 2. The Bertz CT molecular complexity index is 1030. The first-order valence-electron chi connectivity index (χ1n) is 8.06. The van der Waals surface area contributed by atoms with Gasteiger partial charge in [-0.1, -0.05) is 35.6 Å². The van der Waals surface area contributed by atoms with E-state index in [0.717, 1.165) is 28.2 Å². The Morgan fingerprint density at radius 1 is 1.15 bits per heavy atom. The molecule has 2 amide bonds. The topological polar surface area (TPSA) is 97.1 Å². The van der Waals surface area contributed by atoms with Gasteiger partial charge in [-0.2, -0.15) is 0 Å². The number of carbonyl (C=O) groups excluding carboxylic acids is 2. The van der Waals surface area contributed by atoms with Crippen LogP contribution in [0.25, 0.3) is 0 Å². The molecule has 0 saturated heterocycles. The molecule has 3 aromatic rings. The van der Waals surface area contributed by atoms with Gasteiger partial charge in [0.25, 0.3) is 11.8 Å². The fourth-order valence-electron chi connectivity index (χ4n) is 2.43. The van der Waals surface area contributed by atoms with Crippen LogP contribution in [0.5, 0.6) is 0 Å². The first-order chi connectivity index (χ1) is 12.8. The molecule has 0 spiro atoms. The minimum absolute atomic E-state index is 0.0857. The normalized spacial score (nSPS) is 10.5. The SMILES string of the molecule is Cc1ccc(C)c(Nc2nc(C(N)=O)c(NC(=O)c3ccccc3F)s2)c1. The molecule has 27 heavy (non-hydrogen) atoms. The van der Waals surface area contributed by atoms with Gasteiger partial charge in [-0.3, -0.25) is 9.59 Å². The monoisotopic (exact) mass is 384 g/mol. The fourth-order valence-corrected chi connectivity index (χ4v) is 3.30. The van der Waals surface area contributed by atoms with Crippen LogP contribution < -0.4 is 16.4 Å². The fraction of sp³-hybridized carbons (Fsp3) is 0.105. The quantitative estimate of drug-likeness (QED) is 0.619. The molecule has 0 atom stereocenters. The summed E-state index contributed by atoms with van der Waals surface area (Å²) in [6.45, 7) is 3.90. The molecule has 0 unspecified atom stereocenters. The van der Waals surface area contributed by atoms with Crippen LogP contribution in [-0.2, 0) is 0 Å². The zero-order chi connectivity index (χ0) is 19.6. The molecule has 0 aliphatic heterocycles. The van der Waals surface area contributed by atoms with Gasteiger partial charge in [0.1, 0.15) is 10.8 Å². The highest BCUT2D eigenvalue weighted by Crippen LogP contribution is 2.32. The molecule has 1 aromatic heterocycles. The third kappa shape index (κ3) is 4.12. The Morgan fingerprint density at radius 3 is 2.59 bits per heavy atom. The van der Waals surface area contributed by atoms with E-state index in [9.17, 15) is 14.0 Å². The van der Waals surface area contributed by atoms with E-state index < -0.39 is 17.6 Å². The molecule has 0 saturated carbocycles. The molecule has 138 valence electrons. The number of anilines is 3. The molecule has 0 aliphatic rings. The molecule has 4 N–H and O–H groups in total. The number of aryl methyl sites for hydroxylation is 2. The van der Waals surface area contributed by atoms with Gasteiger partial charge in [-0.15, -0.1) is 0 Å². The summed E-state index contributed by atoms with van der Waals surface area (Å²) in [5.41, 5.74) is 8.03. The number of thiazole rings is 1. The van der Waals surface area contributed by atoms with E-state index in [0.29, 0.717) is 5.13 Å². The Kier molecular flexibility index (Phi) is 5.18. The van der Waals surface area contributed by atoms with E-state index in [4.69, 9.17) is 5.73 Å². The Balaban J connectivity index is 1.90. The molecule has 2 aromatic carbocycles. The second-order valence-corrected chi connectivity index (χ2v) is 6.94. The average Bonchev–Trinajstić information content (AvgIpc) is 3.01. The Labute approximate surface area is 159 Å². The summed E-state index contributed by atoms with van der Waals surface area (Å²) >= 11 is 1.05. The molecular weight excluding hydrogens is 367 g/mol. The number of hydrogen-bond acceptors (Lipinski definition) is 5. The van der Waals surface area contributed by atoms with Crippen molar-refractivity contribution in [2.75, 3.05) is 10.6 Å². The van der Waals surface area contributed by atoms with Gasteiger partial charge >= 0.3 is 0 Å². The number of halogens is 1. The smallest absolute Gasteiger partial charge is 0.270 e. The van der Waals surface area contributed by atoms with Gasteiger partial charge in [0.05, 0.1) is 5.56 Å².